The van der Waals surface area contributed by atoms with Crippen LogP contribution in [0.1, 0.15) is 19.3 Å². The van der Waals surface area contributed by atoms with E-state index in [9.17, 15) is 0 Å². The van der Waals surface area contributed by atoms with Crippen molar-refractivity contribution in [2.24, 2.45) is 0 Å². The average Bonchev–Trinajstić information content (AvgIpc) is 2.77. The van der Waals surface area contributed by atoms with E-state index in [1.165, 1.54) is 25.9 Å². The van der Waals surface area contributed by atoms with E-state index in [2.05, 4.69) is 25.8 Å². The molecule has 0 aliphatic carbocycles. The van der Waals surface area contributed by atoms with Gasteiger partial charge in [0.05, 0.1) is 12.8 Å². The fourth-order valence-corrected chi connectivity index (χ4v) is 2.30. The van der Waals surface area contributed by atoms with Crippen LogP contribution in [0.5, 0.6) is 5.75 Å². The van der Waals surface area contributed by atoms with Crippen molar-refractivity contribution in [1.29, 1.82) is 0 Å². The number of aromatic nitrogens is 1. The quantitative estimate of drug-likeness (QED) is 0.778. The van der Waals surface area contributed by atoms with Crippen LogP contribution in [-0.2, 0) is 0 Å². The lowest BCUT2D eigenvalue weighted by atomic mass is 10.4. The Bertz CT molecular complexity index is 327. The molecule has 0 saturated carbocycles. The summed E-state index contributed by atoms with van der Waals surface area (Å²) in [5, 5.41) is 0. The Kier molecular flexibility index (Phi) is 4.60. The first kappa shape index (κ1) is 11.9. The van der Waals surface area contributed by atoms with Gasteiger partial charge in [-0.25, -0.2) is 0 Å². The predicted octanol–water partition coefficient (Wildman–Crippen LogP) is 2.71. The Labute approximate surface area is 105 Å². The molecule has 0 aromatic carbocycles. The van der Waals surface area contributed by atoms with Gasteiger partial charge in [0.2, 0.25) is 0 Å². The van der Waals surface area contributed by atoms with Gasteiger partial charge in [0.1, 0.15) is 5.75 Å². The zero-order valence-corrected chi connectivity index (χ0v) is 10.9. The molecule has 0 unspecified atom stereocenters. The topological polar surface area (TPSA) is 25.4 Å². The van der Waals surface area contributed by atoms with E-state index in [4.69, 9.17) is 4.74 Å². The van der Waals surface area contributed by atoms with Crippen LogP contribution < -0.4 is 4.74 Å². The van der Waals surface area contributed by atoms with Crippen LogP contribution in [0.25, 0.3) is 0 Å². The molecule has 0 atom stereocenters. The van der Waals surface area contributed by atoms with E-state index < -0.39 is 0 Å². The Morgan fingerprint density at radius 3 is 2.88 bits per heavy atom. The first-order valence-corrected chi connectivity index (χ1v) is 6.59. The second kappa shape index (κ2) is 6.21. The number of ether oxygens (including phenoxy) is 1. The lowest BCUT2D eigenvalue weighted by Crippen LogP contribution is -2.21. The molecule has 4 heteroatoms. The molecule has 0 radical (unpaired) electrons. The standard InChI is InChI=1S/C12H17BrN2O/c13-11-8-12(10-14-9-11)16-7-3-6-15-4-1-2-5-15/h8-10H,1-7H2. The third kappa shape index (κ3) is 3.76. The van der Waals surface area contributed by atoms with Crippen LogP contribution in [-0.4, -0.2) is 36.1 Å². The summed E-state index contributed by atoms with van der Waals surface area (Å²) in [6, 6.07) is 1.95. The summed E-state index contributed by atoms with van der Waals surface area (Å²) in [6.07, 6.45) is 7.32. The molecule has 1 aliphatic rings. The van der Waals surface area contributed by atoms with Crippen molar-refractivity contribution in [2.45, 2.75) is 19.3 Å². The van der Waals surface area contributed by atoms with Crippen molar-refractivity contribution >= 4 is 15.9 Å². The fourth-order valence-electron chi connectivity index (χ4n) is 1.96. The third-order valence-corrected chi connectivity index (χ3v) is 3.20. The highest BCUT2D eigenvalue weighted by Gasteiger charge is 2.10. The number of hydrogen-bond acceptors (Lipinski definition) is 3. The summed E-state index contributed by atoms with van der Waals surface area (Å²) in [4.78, 5) is 6.56. The highest BCUT2D eigenvalue weighted by Crippen LogP contribution is 2.16. The first-order chi connectivity index (χ1) is 7.84. The maximum absolute atomic E-state index is 5.63. The molecule has 2 heterocycles. The highest BCUT2D eigenvalue weighted by molar-refractivity contribution is 9.10. The van der Waals surface area contributed by atoms with Crippen LogP contribution in [0, 0.1) is 0 Å². The molecule has 1 aromatic heterocycles. The molecule has 0 N–H and O–H groups in total. The molecule has 3 nitrogen and oxygen atoms in total. The second-order valence-electron chi connectivity index (χ2n) is 4.09. The van der Waals surface area contributed by atoms with E-state index in [0.717, 1.165) is 29.8 Å². The zero-order valence-electron chi connectivity index (χ0n) is 9.36. The molecule has 0 spiro atoms. The van der Waals surface area contributed by atoms with Gasteiger partial charge in [-0.1, -0.05) is 0 Å². The summed E-state index contributed by atoms with van der Waals surface area (Å²) < 4.78 is 6.59. The van der Waals surface area contributed by atoms with Crippen molar-refractivity contribution in [3.8, 4) is 5.75 Å². The highest BCUT2D eigenvalue weighted by atomic mass is 79.9. The Balaban J connectivity index is 1.64. The van der Waals surface area contributed by atoms with Crippen LogP contribution in [0.4, 0.5) is 0 Å². The van der Waals surface area contributed by atoms with E-state index in [0.29, 0.717) is 0 Å². The summed E-state index contributed by atoms with van der Waals surface area (Å²) in [6.45, 7) is 4.45. The summed E-state index contributed by atoms with van der Waals surface area (Å²) in [5.41, 5.74) is 0. The van der Waals surface area contributed by atoms with Crippen molar-refractivity contribution in [3.63, 3.8) is 0 Å². The number of hydrogen-bond donors (Lipinski definition) is 0. The average molecular weight is 285 g/mol. The predicted molar refractivity (Wildman–Crippen MR) is 67.7 cm³/mol. The minimum atomic E-state index is 0.772. The number of rotatable bonds is 5. The summed E-state index contributed by atoms with van der Waals surface area (Å²) in [7, 11) is 0. The molecule has 1 aromatic rings. The van der Waals surface area contributed by atoms with Gasteiger partial charge in [-0.3, -0.25) is 4.98 Å². The van der Waals surface area contributed by atoms with Crippen LogP contribution in [0.15, 0.2) is 22.9 Å². The molecular formula is C12H17BrN2O. The van der Waals surface area contributed by atoms with Crippen molar-refractivity contribution in [1.82, 2.24) is 9.88 Å². The molecule has 2 rings (SSSR count). The van der Waals surface area contributed by atoms with Gasteiger partial charge in [0, 0.05) is 17.2 Å². The maximum Gasteiger partial charge on any atom is 0.138 e. The number of nitrogens with zero attached hydrogens (tertiary/aromatic N) is 2. The van der Waals surface area contributed by atoms with Gasteiger partial charge >= 0.3 is 0 Å². The van der Waals surface area contributed by atoms with Crippen LogP contribution in [0.2, 0.25) is 0 Å². The minimum Gasteiger partial charge on any atom is -0.492 e. The molecule has 0 amide bonds. The first-order valence-electron chi connectivity index (χ1n) is 5.80. The van der Waals surface area contributed by atoms with Gasteiger partial charge in [-0.2, -0.15) is 0 Å². The normalized spacial score (nSPS) is 16.6. The molecule has 16 heavy (non-hydrogen) atoms. The molecular weight excluding hydrogens is 268 g/mol. The third-order valence-electron chi connectivity index (χ3n) is 2.77. The van der Waals surface area contributed by atoms with Crippen LogP contribution >= 0.6 is 15.9 Å². The van der Waals surface area contributed by atoms with Gasteiger partial charge in [0.15, 0.2) is 0 Å². The number of pyridine rings is 1. The summed E-state index contributed by atoms with van der Waals surface area (Å²) in [5.74, 6) is 0.843. The Morgan fingerprint density at radius 2 is 2.12 bits per heavy atom. The van der Waals surface area contributed by atoms with Crippen molar-refractivity contribution in [2.75, 3.05) is 26.2 Å². The van der Waals surface area contributed by atoms with E-state index in [-0.39, 0.29) is 0 Å². The van der Waals surface area contributed by atoms with Gasteiger partial charge in [-0.15, -0.1) is 0 Å². The largest absolute Gasteiger partial charge is 0.492 e. The summed E-state index contributed by atoms with van der Waals surface area (Å²) >= 11 is 3.37. The van der Waals surface area contributed by atoms with E-state index >= 15 is 0 Å². The Morgan fingerprint density at radius 1 is 1.31 bits per heavy atom. The van der Waals surface area contributed by atoms with E-state index in [1.54, 1.807) is 12.4 Å². The lowest BCUT2D eigenvalue weighted by molar-refractivity contribution is 0.262. The Hall–Kier alpha value is -0.610. The van der Waals surface area contributed by atoms with Gasteiger partial charge < -0.3 is 9.64 Å². The lowest BCUT2D eigenvalue weighted by Gasteiger charge is -2.14. The van der Waals surface area contributed by atoms with Gasteiger partial charge in [0.25, 0.3) is 0 Å². The van der Waals surface area contributed by atoms with Crippen molar-refractivity contribution < 1.29 is 4.74 Å². The molecule has 88 valence electrons. The number of likely N-dealkylation sites (tertiary alicyclic amines) is 1. The maximum atomic E-state index is 5.63. The SMILES string of the molecule is Brc1cncc(OCCCN2CCCC2)c1. The number of halogens is 1. The minimum absolute atomic E-state index is 0.772. The second-order valence-corrected chi connectivity index (χ2v) is 5.01. The fraction of sp³-hybridized carbons (Fsp3) is 0.583. The van der Waals surface area contributed by atoms with E-state index in [1.807, 2.05) is 6.07 Å². The molecule has 1 aliphatic heterocycles. The molecule has 1 fully saturated rings. The zero-order chi connectivity index (χ0) is 11.2. The van der Waals surface area contributed by atoms with Crippen molar-refractivity contribution in [3.05, 3.63) is 22.9 Å². The molecule has 0 bridgehead atoms. The van der Waals surface area contributed by atoms with Gasteiger partial charge in [-0.05, 0) is 54.3 Å². The molecule has 1 saturated heterocycles. The monoisotopic (exact) mass is 284 g/mol. The smallest absolute Gasteiger partial charge is 0.138 e. The van der Waals surface area contributed by atoms with Crippen LogP contribution in [0.3, 0.4) is 0 Å².